The second kappa shape index (κ2) is 13.0. The molecule has 45 heavy (non-hydrogen) atoms. The molecule has 5 aromatic rings. The molecule has 4 atom stereocenters. The molecule has 3 aromatic heterocycles. The van der Waals surface area contributed by atoms with E-state index in [-0.39, 0.29) is 37.0 Å². The number of methoxy groups -OCH3 is 1. The van der Waals surface area contributed by atoms with Crippen LogP contribution in [-0.4, -0.2) is 76.8 Å². The Morgan fingerprint density at radius 1 is 1.07 bits per heavy atom. The maximum atomic E-state index is 13.7. The summed E-state index contributed by atoms with van der Waals surface area (Å²) in [5.41, 5.74) is 9.59. The number of primary amides is 1. The lowest BCUT2D eigenvalue weighted by Gasteiger charge is -2.32. The highest BCUT2D eigenvalue weighted by atomic mass is 35.5. The van der Waals surface area contributed by atoms with Gasteiger partial charge in [-0.1, -0.05) is 30.1 Å². The molecule has 0 bridgehead atoms. The Morgan fingerprint density at radius 2 is 1.71 bits per heavy atom. The van der Waals surface area contributed by atoms with Crippen molar-refractivity contribution < 1.29 is 19.1 Å². The number of thiophene rings is 1. The van der Waals surface area contributed by atoms with Crippen LogP contribution in [0.15, 0.2) is 42.5 Å². The number of carbonyl (C=O) groups is 2. The number of carbonyl (C=O) groups excluding carboxylic acids is 2. The Labute approximate surface area is 273 Å². The van der Waals surface area contributed by atoms with Gasteiger partial charge in [0.1, 0.15) is 24.3 Å². The molecule has 5 N–H and O–H groups in total. The quantitative estimate of drug-likeness (QED) is 0.156. The van der Waals surface area contributed by atoms with E-state index in [1.165, 1.54) is 11.3 Å². The molecule has 2 amide bonds. The summed E-state index contributed by atoms with van der Waals surface area (Å²) in [6.45, 7) is 3.15. The molecule has 2 unspecified atom stereocenters. The first-order valence-corrected chi connectivity index (χ1v) is 16.0. The number of ether oxygens (including phenoxy) is 2. The molecule has 0 saturated carbocycles. The standard InChI is InChI=1S/C31H33Cl2N7O4S/c1-15-12-40(2)25(19(13-44-31(34)42)28-35-20-6-4-16(32)8-22(20)37-28)11-26-18(15)10-27(45-26)30(41)39-24(14-43-3)29-36-21-7-5-17(33)9-23(21)38-29/h4-10,15,19,24-25H,11-14H2,1-3H3,(H2,34,42)(H,35,37)(H,36,38)(H,39,41)/t15?,19-,24+,25?/m1/s1. The van der Waals surface area contributed by atoms with Gasteiger partial charge in [-0.05, 0) is 67.4 Å². The fraction of sp³-hybridized carbons (Fsp3) is 0.355. The van der Waals surface area contributed by atoms with Crippen molar-refractivity contribution in [1.29, 1.82) is 0 Å². The molecule has 1 aliphatic rings. The van der Waals surface area contributed by atoms with Crippen molar-refractivity contribution in [3.63, 3.8) is 0 Å². The second-order valence-corrected chi connectivity index (χ2v) is 13.4. The van der Waals surface area contributed by atoms with Gasteiger partial charge in [0, 0.05) is 34.6 Å². The third kappa shape index (κ3) is 6.66. The van der Waals surface area contributed by atoms with Gasteiger partial charge >= 0.3 is 6.09 Å². The van der Waals surface area contributed by atoms with E-state index < -0.39 is 12.1 Å². The lowest BCUT2D eigenvalue weighted by Crippen LogP contribution is -2.41. The van der Waals surface area contributed by atoms with Gasteiger partial charge in [-0.2, -0.15) is 0 Å². The van der Waals surface area contributed by atoms with Crippen molar-refractivity contribution in [3.05, 3.63) is 79.5 Å². The molecule has 4 heterocycles. The van der Waals surface area contributed by atoms with E-state index in [4.69, 9.17) is 43.4 Å². The normalized spacial score (nSPS) is 18.4. The Kier molecular flexibility index (Phi) is 9.03. The molecular weight excluding hydrogens is 637 g/mol. The molecule has 6 rings (SSSR count). The number of nitrogens with two attached hydrogens (primary N) is 1. The van der Waals surface area contributed by atoms with Crippen LogP contribution in [0.1, 0.15) is 56.6 Å². The number of aromatic amines is 2. The molecule has 0 spiro atoms. The number of likely N-dealkylation sites (N-methyl/N-ethyl adjacent to an activating group) is 1. The highest BCUT2D eigenvalue weighted by Gasteiger charge is 2.36. The van der Waals surface area contributed by atoms with Gasteiger partial charge in [0.25, 0.3) is 5.91 Å². The lowest BCUT2D eigenvalue weighted by atomic mass is 9.94. The first kappa shape index (κ1) is 31.3. The first-order chi connectivity index (χ1) is 21.6. The van der Waals surface area contributed by atoms with E-state index >= 15 is 0 Å². The number of amides is 2. The molecule has 11 nitrogen and oxygen atoms in total. The minimum Gasteiger partial charge on any atom is -0.449 e. The van der Waals surface area contributed by atoms with Gasteiger partial charge < -0.3 is 35.4 Å². The molecular formula is C31H33Cl2N7O4S. The number of nitrogens with zero attached hydrogens (tertiary/aromatic N) is 3. The highest BCUT2D eigenvalue weighted by Crippen LogP contribution is 2.38. The van der Waals surface area contributed by atoms with Crippen LogP contribution in [0.5, 0.6) is 0 Å². The minimum absolute atomic E-state index is 0.0434. The van der Waals surface area contributed by atoms with Crippen molar-refractivity contribution in [2.45, 2.75) is 37.3 Å². The lowest BCUT2D eigenvalue weighted by molar-refractivity contribution is 0.0896. The summed E-state index contributed by atoms with van der Waals surface area (Å²) in [7, 11) is 3.64. The van der Waals surface area contributed by atoms with Crippen LogP contribution < -0.4 is 11.1 Å². The molecule has 0 radical (unpaired) electrons. The van der Waals surface area contributed by atoms with Crippen LogP contribution in [0.25, 0.3) is 22.1 Å². The molecule has 0 fully saturated rings. The van der Waals surface area contributed by atoms with Crippen LogP contribution in [0.3, 0.4) is 0 Å². The number of H-pyrrole nitrogens is 2. The van der Waals surface area contributed by atoms with E-state index in [1.807, 2.05) is 18.2 Å². The number of rotatable bonds is 9. The molecule has 236 valence electrons. The van der Waals surface area contributed by atoms with Crippen molar-refractivity contribution in [1.82, 2.24) is 30.2 Å². The monoisotopic (exact) mass is 669 g/mol. The molecule has 0 saturated heterocycles. The van der Waals surface area contributed by atoms with E-state index in [0.717, 1.165) is 33.5 Å². The summed E-state index contributed by atoms with van der Waals surface area (Å²) in [5.74, 6) is 0.868. The molecule has 0 aliphatic carbocycles. The number of aromatic nitrogens is 4. The van der Waals surface area contributed by atoms with Crippen LogP contribution in [0.2, 0.25) is 10.0 Å². The predicted molar refractivity (Wildman–Crippen MR) is 175 cm³/mol. The van der Waals surface area contributed by atoms with E-state index in [1.54, 1.807) is 31.4 Å². The Hall–Kier alpha value is -3.68. The summed E-state index contributed by atoms with van der Waals surface area (Å²) in [6, 6.07) is 12.3. The maximum Gasteiger partial charge on any atom is 0.404 e. The van der Waals surface area contributed by atoms with Crippen molar-refractivity contribution in [2.75, 3.05) is 33.9 Å². The number of imidazole rings is 2. The van der Waals surface area contributed by atoms with Crippen LogP contribution in [-0.2, 0) is 15.9 Å². The topological polar surface area (TPSA) is 151 Å². The van der Waals surface area contributed by atoms with Crippen LogP contribution in [0, 0.1) is 0 Å². The van der Waals surface area contributed by atoms with Crippen LogP contribution in [0.4, 0.5) is 4.79 Å². The van der Waals surface area contributed by atoms with E-state index in [0.29, 0.717) is 38.5 Å². The molecule has 14 heteroatoms. The number of benzene rings is 2. The van der Waals surface area contributed by atoms with Gasteiger partial charge in [0.2, 0.25) is 0 Å². The SMILES string of the molecule is COC[C@H](NC(=O)c1cc2c(s1)CC([C@@H](COC(N)=O)c1nc3cc(Cl)ccc3[nH]1)N(C)CC2C)c1nc2cc(Cl)ccc2[nH]1. The summed E-state index contributed by atoms with van der Waals surface area (Å²) >= 11 is 13.8. The fourth-order valence-corrected chi connectivity index (χ4v) is 7.63. The van der Waals surface area contributed by atoms with Gasteiger partial charge in [0.05, 0.1) is 39.5 Å². The Morgan fingerprint density at radius 3 is 2.36 bits per heavy atom. The van der Waals surface area contributed by atoms with E-state index in [9.17, 15) is 9.59 Å². The fourth-order valence-electron chi connectivity index (χ4n) is 6.06. The van der Waals surface area contributed by atoms with Crippen molar-refractivity contribution in [2.24, 2.45) is 5.73 Å². The number of hydrogen-bond acceptors (Lipinski definition) is 8. The largest absolute Gasteiger partial charge is 0.449 e. The number of hydrogen-bond donors (Lipinski definition) is 4. The summed E-state index contributed by atoms with van der Waals surface area (Å²) in [4.78, 5) is 45.4. The Bertz CT molecular complexity index is 1870. The minimum atomic E-state index is -0.849. The average molecular weight is 671 g/mol. The summed E-state index contributed by atoms with van der Waals surface area (Å²) in [5, 5.41) is 4.26. The Balaban J connectivity index is 1.28. The zero-order valence-corrected chi connectivity index (χ0v) is 27.2. The predicted octanol–water partition coefficient (Wildman–Crippen LogP) is 5.76. The summed E-state index contributed by atoms with van der Waals surface area (Å²) < 4.78 is 10.8. The van der Waals surface area contributed by atoms with Gasteiger partial charge in [-0.25, -0.2) is 14.8 Å². The highest BCUT2D eigenvalue weighted by molar-refractivity contribution is 7.14. The smallest absolute Gasteiger partial charge is 0.404 e. The maximum absolute atomic E-state index is 13.7. The van der Waals surface area contributed by atoms with E-state index in [2.05, 4.69) is 39.1 Å². The summed E-state index contributed by atoms with van der Waals surface area (Å²) in [6.07, 6.45) is -0.234. The third-order valence-corrected chi connectivity index (χ3v) is 9.88. The van der Waals surface area contributed by atoms with Gasteiger partial charge in [0.15, 0.2) is 0 Å². The first-order valence-electron chi connectivity index (χ1n) is 14.4. The van der Waals surface area contributed by atoms with Crippen molar-refractivity contribution in [3.8, 4) is 0 Å². The zero-order valence-electron chi connectivity index (χ0n) is 24.9. The zero-order chi connectivity index (χ0) is 31.8. The molecule has 1 aliphatic heterocycles. The van der Waals surface area contributed by atoms with Gasteiger partial charge in [-0.15, -0.1) is 11.3 Å². The number of nitrogens with one attached hydrogen (secondary N) is 3. The van der Waals surface area contributed by atoms with Gasteiger partial charge in [-0.3, -0.25) is 4.79 Å². The van der Waals surface area contributed by atoms with Crippen molar-refractivity contribution >= 4 is 68.6 Å². The second-order valence-electron chi connectivity index (χ2n) is 11.4. The molecule has 2 aromatic carbocycles. The number of halogens is 2. The average Bonchev–Trinajstić information content (AvgIpc) is 3.70. The number of fused-ring (bicyclic) bond motifs is 3. The third-order valence-electron chi connectivity index (χ3n) is 8.24. The van der Waals surface area contributed by atoms with Crippen LogP contribution >= 0.6 is 34.5 Å².